The van der Waals surface area contributed by atoms with Crippen molar-refractivity contribution in [2.75, 3.05) is 13.6 Å². The topological polar surface area (TPSA) is 29.5 Å². The molecule has 1 amide bonds. The molecule has 3 nitrogen and oxygen atoms in total. The molecular weight excluding hydrogens is 190 g/mol. The first kappa shape index (κ1) is 14.3. The zero-order valence-electron chi connectivity index (χ0n) is 11.0. The van der Waals surface area contributed by atoms with Gasteiger partial charge in [-0.15, -0.1) is 0 Å². The van der Waals surface area contributed by atoms with E-state index in [-0.39, 0.29) is 6.09 Å². The van der Waals surface area contributed by atoms with Gasteiger partial charge >= 0.3 is 6.09 Å². The van der Waals surface area contributed by atoms with Crippen molar-refractivity contribution in [1.82, 2.24) is 4.90 Å². The Kier molecular flexibility index (Phi) is 5.69. The largest absolute Gasteiger partial charge is 0.444 e. The van der Waals surface area contributed by atoms with Crippen LogP contribution in [0.1, 0.15) is 47.5 Å². The number of amides is 1. The minimum Gasteiger partial charge on any atom is -0.444 e. The summed E-state index contributed by atoms with van der Waals surface area (Å²) in [5, 5.41) is 0. The van der Waals surface area contributed by atoms with E-state index in [1.54, 1.807) is 11.9 Å². The molecule has 0 aliphatic heterocycles. The predicted molar refractivity (Wildman–Crippen MR) is 62.9 cm³/mol. The van der Waals surface area contributed by atoms with Gasteiger partial charge in [0.15, 0.2) is 0 Å². The minimum absolute atomic E-state index is 0.230. The highest BCUT2D eigenvalue weighted by Gasteiger charge is 2.18. The second-order valence-corrected chi connectivity index (χ2v) is 5.44. The smallest absolute Gasteiger partial charge is 0.410 e. The molecule has 0 radical (unpaired) electrons. The Bertz CT molecular complexity index is 194. The molecule has 0 rings (SSSR count). The maximum Gasteiger partial charge on any atom is 0.410 e. The highest BCUT2D eigenvalue weighted by molar-refractivity contribution is 5.67. The van der Waals surface area contributed by atoms with Crippen LogP contribution in [0.15, 0.2) is 0 Å². The second kappa shape index (κ2) is 5.99. The Labute approximate surface area is 93.8 Å². The normalized spacial score (nSPS) is 11.7. The molecule has 0 bridgehead atoms. The van der Waals surface area contributed by atoms with Crippen LogP contribution in [0, 0.1) is 5.92 Å². The highest BCUT2D eigenvalue weighted by atomic mass is 16.6. The van der Waals surface area contributed by atoms with E-state index >= 15 is 0 Å². The fourth-order valence-corrected chi connectivity index (χ4v) is 1.17. The second-order valence-electron chi connectivity index (χ2n) is 5.44. The standard InChI is InChI=1S/C12H25NO2/c1-10(2)8-7-9-13(6)11(14)15-12(3,4)5/h10H,7-9H2,1-6H3. The molecule has 3 heteroatoms. The summed E-state index contributed by atoms with van der Waals surface area (Å²) in [4.78, 5) is 13.2. The van der Waals surface area contributed by atoms with Crippen molar-refractivity contribution in [1.29, 1.82) is 0 Å². The van der Waals surface area contributed by atoms with Crippen LogP contribution in [-0.4, -0.2) is 30.2 Å². The van der Waals surface area contributed by atoms with Crippen LogP contribution in [0.3, 0.4) is 0 Å². The number of ether oxygens (including phenoxy) is 1. The van der Waals surface area contributed by atoms with Gasteiger partial charge < -0.3 is 9.64 Å². The lowest BCUT2D eigenvalue weighted by molar-refractivity contribution is 0.0295. The first-order valence-corrected chi connectivity index (χ1v) is 5.66. The molecule has 0 heterocycles. The van der Waals surface area contributed by atoms with Crippen molar-refractivity contribution in [2.24, 2.45) is 5.92 Å². The maximum absolute atomic E-state index is 11.5. The van der Waals surface area contributed by atoms with Gasteiger partial charge in [0.1, 0.15) is 5.60 Å². The summed E-state index contributed by atoms with van der Waals surface area (Å²) in [6, 6.07) is 0. The first-order valence-electron chi connectivity index (χ1n) is 5.66. The molecule has 0 aliphatic rings. The predicted octanol–water partition coefficient (Wildman–Crippen LogP) is 3.29. The average Bonchev–Trinajstić information content (AvgIpc) is 1.99. The Morgan fingerprint density at radius 2 is 1.87 bits per heavy atom. The molecule has 0 saturated heterocycles. The molecule has 0 N–H and O–H groups in total. The molecule has 15 heavy (non-hydrogen) atoms. The van der Waals surface area contributed by atoms with E-state index in [0.717, 1.165) is 19.4 Å². The molecule has 0 unspecified atom stereocenters. The number of hydrogen-bond acceptors (Lipinski definition) is 2. The zero-order valence-corrected chi connectivity index (χ0v) is 11.0. The first-order chi connectivity index (χ1) is 6.72. The van der Waals surface area contributed by atoms with Crippen molar-refractivity contribution < 1.29 is 9.53 Å². The number of rotatable bonds is 4. The summed E-state index contributed by atoms with van der Waals surface area (Å²) in [6.45, 7) is 10.8. The van der Waals surface area contributed by atoms with Crippen molar-refractivity contribution in [3.05, 3.63) is 0 Å². The minimum atomic E-state index is -0.399. The van der Waals surface area contributed by atoms with E-state index in [9.17, 15) is 4.79 Å². The van der Waals surface area contributed by atoms with E-state index < -0.39 is 5.60 Å². The quantitative estimate of drug-likeness (QED) is 0.720. The molecule has 0 saturated carbocycles. The van der Waals surface area contributed by atoms with Gasteiger partial charge in [0.05, 0.1) is 0 Å². The van der Waals surface area contributed by atoms with Crippen LogP contribution < -0.4 is 0 Å². The Balaban J connectivity index is 3.80. The number of nitrogens with zero attached hydrogens (tertiary/aromatic N) is 1. The number of carbonyl (C=O) groups excluding carboxylic acids is 1. The summed E-state index contributed by atoms with van der Waals surface area (Å²) in [7, 11) is 1.79. The maximum atomic E-state index is 11.5. The lowest BCUT2D eigenvalue weighted by Crippen LogP contribution is -2.34. The van der Waals surface area contributed by atoms with Gasteiger partial charge in [-0.1, -0.05) is 13.8 Å². The molecular formula is C12H25NO2. The molecule has 0 fully saturated rings. The fraction of sp³-hybridized carbons (Fsp3) is 0.917. The van der Waals surface area contributed by atoms with Crippen LogP contribution in [0.2, 0.25) is 0 Å². The summed E-state index contributed by atoms with van der Waals surface area (Å²) < 4.78 is 5.24. The van der Waals surface area contributed by atoms with E-state index in [1.165, 1.54) is 0 Å². The van der Waals surface area contributed by atoms with Crippen molar-refractivity contribution >= 4 is 6.09 Å². The molecule has 0 spiro atoms. The fourth-order valence-electron chi connectivity index (χ4n) is 1.17. The van der Waals surface area contributed by atoms with Gasteiger partial charge in [-0.3, -0.25) is 0 Å². The highest BCUT2D eigenvalue weighted by Crippen LogP contribution is 2.10. The summed E-state index contributed by atoms with van der Waals surface area (Å²) in [5.41, 5.74) is -0.399. The van der Waals surface area contributed by atoms with Crippen LogP contribution >= 0.6 is 0 Å². The van der Waals surface area contributed by atoms with Crippen molar-refractivity contribution in [2.45, 2.75) is 53.1 Å². The summed E-state index contributed by atoms with van der Waals surface area (Å²) in [5.74, 6) is 0.692. The Hall–Kier alpha value is -0.730. The van der Waals surface area contributed by atoms with Gasteiger partial charge in [-0.2, -0.15) is 0 Å². The molecule has 0 aliphatic carbocycles. The molecule has 0 aromatic rings. The third kappa shape index (κ3) is 8.28. The SMILES string of the molecule is CC(C)CCCN(C)C(=O)OC(C)(C)C. The van der Waals surface area contributed by atoms with Gasteiger partial charge in [0, 0.05) is 13.6 Å². The lowest BCUT2D eigenvalue weighted by Gasteiger charge is -2.24. The van der Waals surface area contributed by atoms with E-state index in [1.807, 2.05) is 20.8 Å². The third-order valence-corrected chi connectivity index (χ3v) is 1.98. The van der Waals surface area contributed by atoms with Gasteiger partial charge in [0.2, 0.25) is 0 Å². The van der Waals surface area contributed by atoms with Gasteiger partial charge in [0.25, 0.3) is 0 Å². The summed E-state index contributed by atoms with van der Waals surface area (Å²) >= 11 is 0. The van der Waals surface area contributed by atoms with Crippen molar-refractivity contribution in [3.8, 4) is 0 Å². The molecule has 0 aromatic heterocycles. The Morgan fingerprint density at radius 1 is 1.33 bits per heavy atom. The zero-order chi connectivity index (χ0) is 12.1. The molecule has 90 valence electrons. The average molecular weight is 215 g/mol. The van der Waals surface area contributed by atoms with Gasteiger partial charge in [-0.25, -0.2) is 4.79 Å². The van der Waals surface area contributed by atoms with E-state index in [4.69, 9.17) is 4.74 Å². The number of carbonyl (C=O) groups is 1. The van der Waals surface area contributed by atoms with Crippen LogP contribution in [-0.2, 0) is 4.74 Å². The van der Waals surface area contributed by atoms with Gasteiger partial charge in [-0.05, 0) is 39.5 Å². The number of hydrogen-bond donors (Lipinski definition) is 0. The van der Waals surface area contributed by atoms with Crippen molar-refractivity contribution in [3.63, 3.8) is 0 Å². The lowest BCUT2D eigenvalue weighted by atomic mass is 10.1. The van der Waals surface area contributed by atoms with Crippen LogP contribution in [0.5, 0.6) is 0 Å². The third-order valence-electron chi connectivity index (χ3n) is 1.98. The van der Waals surface area contributed by atoms with E-state index in [0.29, 0.717) is 5.92 Å². The molecule has 0 atom stereocenters. The monoisotopic (exact) mass is 215 g/mol. The van der Waals surface area contributed by atoms with Crippen LogP contribution in [0.4, 0.5) is 4.79 Å². The molecule has 0 aromatic carbocycles. The van der Waals surface area contributed by atoms with E-state index in [2.05, 4.69) is 13.8 Å². The Morgan fingerprint density at radius 3 is 2.27 bits per heavy atom. The summed E-state index contributed by atoms with van der Waals surface area (Å²) in [6.07, 6.45) is 1.95. The van der Waals surface area contributed by atoms with Crippen LogP contribution in [0.25, 0.3) is 0 Å².